The van der Waals surface area contributed by atoms with Crippen molar-refractivity contribution < 1.29 is 28.9 Å². The summed E-state index contributed by atoms with van der Waals surface area (Å²) in [6.45, 7) is 2.12. The molecule has 212 valence electrons. The van der Waals surface area contributed by atoms with Crippen molar-refractivity contribution in [3.05, 3.63) is 110 Å². The van der Waals surface area contributed by atoms with E-state index in [4.69, 9.17) is 49.4 Å². The number of halogens is 3. The number of hydrogen-bond acceptors (Lipinski definition) is 7. The number of esters is 1. The van der Waals surface area contributed by atoms with Gasteiger partial charge in [0.25, 0.3) is 5.56 Å². The van der Waals surface area contributed by atoms with Gasteiger partial charge in [0, 0.05) is 21.1 Å². The summed E-state index contributed by atoms with van der Waals surface area (Å²) in [5.74, 6) is 0.637. The maximum absolute atomic E-state index is 11.3. The van der Waals surface area contributed by atoms with Crippen molar-refractivity contribution in [2.24, 2.45) is 0 Å². The van der Waals surface area contributed by atoms with Crippen LogP contribution in [0.25, 0.3) is 0 Å². The molecule has 1 aromatic heterocycles. The van der Waals surface area contributed by atoms with Crippen molar-refractivity contribution in [3.8, 4) is 17.2 Å². The van der Waals surface area contributed by atoms with Crippen molar-refractivity contribution in [3.63, 3.8) is 0 Å². The number of phenols is 1. The fourth-order valence-electron chi connectivity index (χ4n) is 2.70. The van der Waals surface area contributed by atoms with Gasteiger partial charge in [-0.1, -0.05) is 34.8 Å². The Morgan fingerprint density at radius 3 is 1.73 bits per heavy atom. The second-order valence-electron chi connectivity index (χ2n) is 7.77. The largest absolute Gasteiger partial charge is 0.508 e. The Balaban J connectivity index is 0.000000223. The van der Waals surface area contributed by atoms with E-state index in [0.29, 0.717) is 38.9 Å². The van der Waals surface area contributed by atoms with Crippen LogP contribution in [0.2, 0.25) is 15.1 Å². The first-order chi connectivity index (χ1) is 19.1. The molecule has 12 heteroatoms. The number of nitrogens with one attached hydrogen (secondary N) is 2. The Morgan fingerprint density at radius 2 is 1.27 bits per heavy atom. The number of benzene rings is 3. The fraction of sp³-hybridized carbons (Fsp3) is 0.179. The van der Waals surface area contributed by atoms with Crippen molar-refractivity contribution in [2.75, 3.05) is 13.2 Å². The summed E-state index contributed by atoms with van der Waals surface area (Å²) in [6.07, 6.45) is -0.262. The number of H-pyrrole nitrogens is 2. The van der Waals surface area contributed by atoms with Gasteiger partial charge in [0.1, 0.15) is 36.9 Å². The molecule has 3 N–H and O–H groups in total. The van der Waals surface area contributed by atoms with Crippen molar-refractivity contribution in [1.82, 2.24) is 10.2 Å². The highest BCUT2D eigenvalue weighted by Gasteiger charge is 2.10. The predicted octanol–water partition coefficient (Wildman–Crippen LogP) is 6.22. The van der Waals surface area contributed by atoms with Gasteiger partial charge in [0.05, 0.1) is 12.3 Å². The molecule has 4 rings (SSSR count). The van der Waals surface area contributed by atoms with E-state index in [1.165, 1.54) is 6.07 Å². The summed E-state index contributed by atoms with van der Waals surface area (Å²) in [7, 11) is 0. The normalized spacial score (nSPS) is 9.80. The van der Waals surface area contributed by atoms with E-state index in [2.05, 4.69) is 14.9 Å². The molecule has 0 saturated carbocycles. The monoisotopic (exact) mass is 608 g/mol. The standard InChI is InChI=1S/C12H13ClO4.C10H9ClN2O2.C6H5ClO/c1-2-16-12(15)7-10(14)8-17-11-5-3-9(13)4-6-11;11-7-1-3-9(4-2-7)15-6-8-5-10(14)13-12-8;7-5-1-3-6(8)4-2-5/h3-6H,2,7-8H2,1H3;1-5H,6H2,(H2,12,13,14);1-4,8H. The van der Waals surface area contributed by atoms with Gasteiger partial charge in [-0.25, -0.2) is 0 Å². The van der Waals surface area contributed by atoms with E-state index < -0.39 is 5.97 Å². The van der Waals surface area contributed by atoms with E-state index in [9.17, 15) is 14.4 Å². The maximum atomic E-state index is 11.3. The number of aromatic amines is 2. The lowest BCUT2D eigenvalue weighted by Crippen LogP contribution is -2.17. The Morgan fingerprint density at radius 1 is 0.775 bits per heavy atom. The minimum absolute atomic E-state index is 0.152. The molecular weight excluding hydrogens is 583 g/mol. The van der Waals surface area contributed by atoms with Gasteiger partial charge in [-0.3, -0.25) is 24.6 Å². The molecule has 0 bridgehead atoms. The molecule has 0 saturated heterocycles. The summed E-state index contributed by atoms with van der Waals surface area (Å²) in [4.78, 5) is 33.1. The Bertz CT molecular complexity index is 1350. The number of rotatable bonds is 9. The van der Waals surface area contributed by atoms with Crippen molar-refractivity contribution >= 4 is 46.6 Å². The van der Waals surface area contributed by atoms with Crippen molar-refractivity contribution in [1.29, 1.82) is 0 Å². The van der Waals surface area contributed by atoms with Gasteiger partial charge in [-0.2, -0.15) is 0 Å². The summed E-state index contributed by atoms with van der Waals surface area (Å²) >= 11 is 16.9. The van der Waals surface area contributed by atoms with Gasteiger partial charge in [-0.15, -0.1) is 0 Å². The molecule has 0 spiro atoms. The van der Waals surface area contributed by atoms with E-state index >= 15 is 0 Å². The van der Waals surface area contributed by atoms with Gasteiger partial charge >= 0.3 is 5.97 Å². The Hall–Kier alpha value is -3.92. The molecule has 0 aliphatic heterocycles. The minimum Gasteiger partial charge on any atom is -0.508 e. The highest BCUT2D eigenvalue weighted by Crippen LogP contribution is 2.17. The number of hydrogen-bond donors (Lipinski definition) is 3. The molecule has 0 radical (unpaired) electrons. The van der Waals surface area contributed by atoms with Gasteiger partial charge in [0.2, 0.25) is 0 Å². The number of aromatic hydroxyl groups is 1. The topological polar surface area (TPSA) is 131 Å². The van der Waals surface area contributed by atoms with Crippen LogP contribution in [-0.4, -0.2) is 40.3 Å². The second-order valence-corrected chi connectivity index (χ2v) is 9.08. The lowest BCUT2D eigenvalue weighted by molar-refractivity contribution is -0.145. The number of aromatic nitrogens is 2. The van der Waals surface area contributed by atoms with Crippen LogP contribution in [0, 0.1) is 0 Å². The smallest absolute Gasteiger partial charge is 0.313 e. The summed E-state index contributed by atoms with van der Waals surface area (Å²) < 4.78 is 15.2. The number of carbonyl (C=O) groups excluding carboxylic acids is 2. The molecule has 0 aliphatic rings. The molecule has 1 heterocycles. The molecule has 3 aromatic carbocycles. The first-order valence-electron chi connectivity index (χ1n) is 11.8. The molecule has 0 atom stereocenters. The van der Waals surface area contributed by atoms with Crippen LogP contribution in [0.3, 0.4) is 0 Å². The molecule has 0 unspecified atom stereocenters. The quantitative estimate of drug-likeness (QED) is 0.152. The Labute approximate surface area is 245 Å². The molecular formula is C28H27Cl3N2O7. The molecule has 0 fully saturated rings. The lowest BCUT2D eigenvalue weighted by Gasteiger charge is -2.05. The van der Waals surface area contributed by atoms with Gasteiger partial charge in [0.15, 0.2) is 5.78 Å². The summed E-state index contributed by atoms with van der Waals surface area (Å²) in [5.41, 5.74) is 0.541. The number of phenolic OH excluding ortho intramolecular Hbond substituents is 1. The van der Waals surface area contributed by atoms with Crippen LogP contribution in [-0.2, 0) is 20.9 Å². The second kappa shape index (κ2) is 17.6. The first-order valence-corrected chi connectivity index (χ1v) is 12.9. The lowest BCUT2D eigenvalue weighted by atomic mass is 10.3. The van der Waals surface area contributed by atoms with Crippen LogP contribution in [0.5, 0.6) is 17.2 Å². The number of Topliss-reactive ketones (excluding diaryl/α,β-unsaturated/α-hetero) is 1. The van der Waals surface area contributed by atoms with Crippen LogP contribution >= 0.6 is 34.8 Å². The van der Waals surface area contributed by atoms with Crippen LogP contribution < -0.4 is 15.0 Å². The number of carbonyl (C=O) groups is 2. The predicted molar refractivity (Wildman–Crippen MR) is 154 cm³/mol. The molecule has 40 heavy (non-hydrogen) atoms. The highest BCUT2D eigenvalue weighted by molar-refractivity contribution is 6.31. The van der Waals surface area contributed by atoms with E-state index in [-0.39, 0.29) is 36.7 Å². The van der Waals surface area contributed by atoms with Gasteiger partial charge < -0.3 is 19.3 Å². The zero-order valence-corrected chi connectivity index (χ0v) is 23.6. The first kappa shape index (κ1) is 32.3. The van der Waals surface area contributed by atoms with E-state index in [0.717, 1.165) is 0 Å². The maximum Gasteiger partial charge on any atom is 0.313 e. The fourth-order valence-corrected chi connectivity index (χ4v) is 3.08. The molecule has 0 amide bonds. The van der Waals surface area contributed by atoms with Crippen LogP contribution in [0.4, 0.5) is 0 Å². The SMILES string of the molecule is CCOC(=O)CC(=O)COc1ccc(Cl)cc1.O=c1cc(COc2ccc(Cl)cc2)[nH][nH]1.Oc1ccc(Cl)cc1. The third-order valence-corrected chi connectivity index (χ3v) is 5.30. The minimum atomic E-state index is -0.530. The summed E-state index contributed by atoms with van der Waals surface area (Å²) in [6, 6.07) is 21.5. The third kappa shape index (κ3) is 13.7. The zero-order chi connectivity index (χ0) is 29.3. The highest BCUT2D eigenvalue weighted by atomic mass is 35.5. The average Bonchev–Trinajstić information content (AvgIpc) is 3.35. The molecule has 9 nitrogen and oxygen atoms in total. The molecule has 4 aromatic rings. The number of ketones is 1. The van der Waals surface area contributed by atoms with Crippen molar-refractivity contribution in [2.45, 2.75) is 20.0 Å². The third-order valence-electron chi connectivity index (χ3n) is 4.55. The van der Waals surface area contributed by atoms with Crippen LogP contribution in [0.1, 0.15) is 19.0 Å². The Kier molecular flexibility index (Phi) is 14.2. The zero-order valence-electron chi connectivity index (χ0n) is 21.4. The van der Waals surface area contributed by atoms with Crippen LogP contribution in [0.15, 0.2) is 83.7 Å². The summed E-state index contributed by atoms with van der Waals surface area (Å²) in [5, 5.41) is 15.7. The number of ether oxygens (including phenoxy) is 3. The van der Waals surface area contributed by atoms with E-state index in [1.54, 1.807) is 79.7 Å². The van der Waals surface area contributed by atoms with E-state index in [1.807, 2.05) is 0 Å². The molecule has 0 aliphatic carbocycles. The van der Waals surface area contributed by atoms with Gasteiger partial charge in [-0.05, 0) is 79.7 Å². The average molecular weight is 610 g/mol.